The van der Waals surface area contributed by atoms with Gasteiger partial charge in [-0.15, -0.1) is 0 Å². The van der Waals surface area contributed by atoms with Crippen molar-refractivity contribution >= 4 is 11.0 Å². The van der Waals surface area contributed by atoms with Crippen molar-refractivity contribution in [2.75, 3.05) is 13.7 Å². The zero-order chi connectivity index (χ0) is 24.7. The summed E-state index contributed by atoms with van der Waals surface area (Å²) in [5.74, 6) is -2.16. The van der Waals surface area contributed by atoms with Crippen LogP contribution in [0.4, 0.5) is 0 Å². The predicted molar refractivity (Wildman–Crippen MR) is 114 cm³/mol. The summed E-state index contributed by atoms with van der Waals surface area (Å²) in [6.45, 7) is -0.726. The monoisotopic (exact) mass is 478 g/mol. The minimum Gasteiger partial charge on any atom is -0.507 e. The second-order valence-electron chi connectivity index (χ2n) is 7.63. The van der Waals surface area contributed by atoms with Crippen molar-refractivity contribution in [2.24, 2.45) is 0 Å². The van der Waals surface area contributed by atoms with Crippen molar-refractivity contribution < 1.29 is 54.4 Å². The van der Waals surface area contributed by atoms with Crippen molar-refractivity contribution in [2.45, 2.75) is 30.7 Å². The van der Waals surface area contributed by atoms with Gasteiger partial charge in [-0.25, -0.2) is 0 Å². The van der Waals surface area contributed by atoms with Crippen molar-refractivity contribution in [1.82, 2.24) is 0 Å². The molecule has 12 heteroatoms. The van der Waals surface area contributed by atoms with E-state index in [0.29, 0.717) is 0 Å². The maximum Gasteiger partial charge on any atom is 0.239 e. The summed E-state index contributed by atoms with van der Waals surface area (Å²) in [6, 6.07) is 6.02. The molecule has 5 atom stereocenters. The molecule has 2 aromatic carbocycles. The molecule has 1 aliphatic heterocycles. The van der Waals surface area contributed by atoms with Gasteiger partial charge in [-0.2, -0.15) is 0 Å². The maximum absolute atomic E-state index is 13.4. The number of methoxy groups -OCH3 is 1. The van der Waals surface area contributed by atoms with Crippen molar-refractivity contribution in [3.05, 3.63) is 40.6 Å². The fourth-order valence-corrected chi connectivity index (χ4v) is 3.62. The third kappa shape index (κ3) is 3.97. The van der Waals surface area contributed by atoms with Crippen molar-refractivity contribution in [3.63, 3.8) is 0 Å². The fraction of sp³-hybridized carbons (Fsp3) is 0.318. The summed E-state index contributed by atoms with van der Waals surface area (Å²) < 4.78 is 21.8. The maximum atomic E-state index is 13.4. The zero-order valence-corrected chi connectivity index (χ0v) is 17.7. The zero-order valence-electron chi connectivity index (χ0n) is 17.7. The molecule has 0 radical (unpaired) electrons. The van der Waals surface area contributed by atoms with E-state index in [4.69, 9.17) is 18.6 Å². The molecular weight excluding hydrogens is 456 g/mol. The Hall–Kier alpha value is -3.55. The number of aliphatic hydroxyl groups is 4. The minimum atomic E-state index is -1.83. The third-order valence-electron chi connectivity index (χ3n) is 5.46. The quantitative estimate of drug-likeness (QED) is 0.238. The Morgan fingerprint density at radius 2 is 1.68 bits per heavy atom. The number of fused-ring (bicyclic) bond motifs is 1. The van der Waals surface area contributed by atoms with Gasteiger partial charge >= 0.3 is 0 Å². The number of benzene rings is 2. The lowest BCUT2D eigenvalue weighted by molar-refractivity contribution is -0.277. The van der Waals surface area contributed by atoms with Crippen LogP contribution in [0.15, 0.2) is 39.5 Å². The topological polar surface area (TPSA) is 200 Å². The summed E-state index contributed by atoms with van der Waals surface area (Å²) in [5.41, 5.74) is -0.942. The first-order valence-electron chi connectivity index (χ1n) is 10.0. The standard InChI is InChI=1S/C22H22O12/c1-31-9-5-12(26)15-13(6-9)32-20(8-2-3-10(24)11(25)4-8)21(17(15)28)34-22-19(30)18(29)16(27)14(7-23)33-22/h2-6,14,16,18-19,22-27,29-30H,7H2,1H3/t14-,16-,18+,19-,22+/m0/s1. The van der Waals surface area contributed by atoms with Gasteiger partial charge in [-0.05, 0) is 18.2 Å². The summed E-state index contributed by atoms with van der Waals surface area (Å²) in [4.78, 5) is 13.4. The van der Waals surface area contributed by atoms with Gasteiger partial charge in [-0.3, -0.25) is 4.79 Å². The van der Waals surface area contributed by atoms with Crippen LogP contribution in [0.2, 0.25) is 0 Å². The Bertz CT molecular complexity index is 1270. The summed E-state index contributed by atoms with van der Waals surface area (Å²) in [5, 5.41) is 69.5. The largest absolute Gasteiger partial charge is 0.507 e. The van der Waals surface area contributed by atoms with E-state index >= 15 is 0 Å². The molecule has 1 fully saturated rings. The number of aromatic hydroxyl groups is 3. The number of hydrogen-bond acceptors (Lipinski definition) is 12. The van der Waals surface area contributed by atoms with Crippen LogP contribution in [0.5, 0.6) is 28.7 Å². The van der Waals surface area contributed by atoms with Gasteiger partial charge < -0.3 is 54.4 Å². The number of hydrogen-bond donors (Lipinski definition) is 7. The molecule has 7 N–H and O–H groups in total. The van der Waals surface area contributed by atoms with Crippen LogP contribution in [0.25, 0.3) is 22.3 Å². The fourth-order valence-electron chi connectivity index (χ4n) is 3.62. The average molecular weight is 478 g/mol. The van der Waals surface area contributed by atoms with E-state index in [2.05, 4.69) is 0 Å². The molecule has 0 bridgehead atoms. The third-order valence-corrected chi connectivity index (χ3v) is 5.46. The van der Waals surface area contributed by atoms with Gasteiger partial charge in [0.25, 0.3) is 0 Å². The van der Waals surface area contributed by atoms with Gasteiger partial charge in [0.05, 0.1) is 13.7 Å². The average Bonchev–Trinajstić information content (AvgIpc) is 2.82. The number of rotatable bonds is 5. The van der Waals surface area contributed by atoms with Crippen LogP contribution in [0.3, 0.4) is 0 Å². The molecule has 34 heavy (non-hydrogen) atoms. The SMILES string of the molecule is COc1cc(O)c2c(=O)c(O[C@H]3O[C@@H](CO)[C@H](O)[C@@H](O)[C@@H]3O)c(-c3ccc(O)c(O)c3)oc2c1. The van der Waals surface area contributed by atoms with E-state index < -0.39 is 65.7 Å². The van der Waals surface area contributed by atoms with Crippen molar-refractivity contribution in [1.29, 1.82) is 0 Å². The number of aliphatic hydroxyl groups excluding tert-OH is 4. The van der Waals surface area contributed by atoms with E-state index in [0.717, 1.165) is 12.1 Å². The summed E-state index contributed by atoms with van der Waals surface area (Å²) >= 11 is 0. The van der Waals surface area contributed by atoms with E-state index in [1.807, 2.05) is 0 Å². The van der Waals surface area contributed by atoms with Gasteiger partial charge in [-0.1, -0.05) is 0 Å². The first-order chi connectivity index (χ1) is 16.2. The first kappa shape index (κ1) is 23.6. The van der Waals surface area contributed by atoms with Crippen LogP contribution < -0.4 is 14.9 Å². The Morgan fingerprint density at radius 3 is 2.32 bits per heavy atom. The molecule has 1 aromatic heterocycles. The van der Waals surface area contributed by atoms with Crippen molar-refractivity contribution in [3.8, 4) is 40.1 Å². The Kier molecular flexibility index (Phi) is 6.25. The number of phenolic OH excluding ortho intramolecular Hbond substituents is 3. The van der Waals surface area contributed by atoms with E-state index in [-0.39, 0.29) is 28.0 Å². The van der Waals surface area contributed by atoms with E-state index in [1.165, 1.54) is 25.3 Å². The summed E-state index contributed by atoms with van der Waals surface area (Å²) in [6.07, 6.45) is -8.31. The molecule has 0 unspecified atom stereocenters. The van der Waals surface area contributed by atoms with Gasteiger partial charge in [0.15, 0.2) is 17.3 Å². The Balaban J connectivity index is 1.92. The lowest BCUT2D eigenvalue weighted by Crippen LogP contribution is -2.60. The molecule has 1 saturated heterocycles. The van der Waals surface area contributed by atoms with Gasteiger partial charge in [0.1, 0.15) is 46.9 Å². The van der Waals surface area contributed by atoms with E-state index in [9.17, 15) is 40.5 Å². The predicted octanol–water partition coefficient (Wildman–Crippen LogP) is -0.236. The molecular formula is C22H22O12. The molecule has 0 amide bonds. The highest BCUT2D eigenvalue weighted by Gasteiger charge is 2.45. The Morgan fingerprint density at radius 1 is 0.941 bits per heavy atom. The second kappa shape index (κ2) is 9.00. The Labute approximate surface area is 191 Å². The molecule has 182 valence electrons. The highest BCUT2D eigenvalue weighted by Crippen LogP contribution is 2.39. The molecule has 0 spiro atoms. The lowest BCUT2D eigenvalue weighted by Gasteiger charge is -2.39. The molecule has 1 aliphatic rings. The van der Waals surface area contributed by atoms with Crippen LogP contribution >= 0.6 is 0 Å². The highest BCUT2D eigenvalue weighted by molar-refractivity contribution is 5.88. The molecule has 0 saturated carbocycles. The highest BCUT2D eigenvalue weighted by atomic mass is 16.7. The first-order valence-corrected chi connectivity index (χ1v) is 10.0. The van der Waals surface area contributed by atoms with Gasteiger partial charge in [0, 0.05) is 17.7 Å². The minimum absolute atomic E-state index is 0.0659. The molecule has 3 aromatic rings. The van der Waals surface area contributed by atoms with Crippen LogP contribution in [-0.4, -0.2) is 80.2 Å². The molecule has 0 aliphatic carbocycles. The normalized spacial score (nSPS) is 24.8. The van der Waals surface area contributed by atoms with Gasteiger partial charge in [0.2, 0.25) is 17.5 Å². The lowest BCUT2D eigenvalue weighted by atomic mass is 9.99. The second-order valence-corrected chi connectivity index (χ2v) is 7.63. The summed E-state index contributed by atoms with van der Waals surface area (Å²) in [7, 11) is 1.34. The van der Waals surface area contributed by atoms with Crippen LogP contribution in [-0.2, 0) is 4.74 Å². The smallest absolute Gasteiger partial charge is 0.239 e. The molecule has 2 heterocycles. The number of phenols is 3. The molecule has 12 nitrogen and oxygen atoms in total. The van der Waals surface area contributed by atoms with Crippen LogP contribution in [0.1, 0.15) is 0 Å². The number of ether oxygens (including phenoxy) is 3. The van der Waals surface area contributed by atoms with Crippen LogP contribution in [0, 0.1) is 0 Å². The van der Waals surface area contributed by atoms with E-state index in [1.54, 1.807) is 0 Å². The molecule has 4 rings (SSSR count).